The van der Waals surface area contributed by atoms with Crippen LogP contribution >= 0.6 is 12.6 Å². The molecule has 21 heteroatoms. The first-order chi connectivity index (χ1) is 20.3. The predicted molar refractivity (Wildman–Crippen MR) is 183 cm³/mol. The minimum absolute atomic E-state index is 0.245. The summed E-state index contributed by atoms with van der Waals surface area (Å²) in [7, 11) is -31.0. The Morgan fingerprint density at radius 1 is 0.455 bits per heavy atom. The Labute approximate surface area is 278 Å². The van der Waals surface area contributed by atoms with Gasteiger partial charge in [0.15, 0.2) is 0 Å². The van der Waals surface area contributed by atoms with Crippen LogP contribution in [-0.4, -0.2) is 76.2 Å². The third kappa shape index (κ3) is 5.64. The van der Waals surface area contributed by atoms with E-state index >= 15 is 0 Å². The molecule has 0 N–H and O–H groups in total. The zero-order chi connectivity index (χ0) is 32.8. The van der Waals surface area contributed by atoms with Gasteiger partial charge in [0.05, 0.1) is 0 Å². The molecule has 6 aliphatic rings. The second-order valence-electron chi connectivity index (χ2n) is 14.1. The van der Waals surface area contributed by atoms with Crippen LogP contribution in [0.5, 0.6) is 0 Å². The summed E-state index contributed by atoms with van der Waals surface area (Å²) in [6.07, 6.45) is 0.658. The van der Waals surface area contributed by atoms with Gasteiger partial charge in [-0.3, -0.25) is 0 Å². The molecule has 0 aromatic carbocycles. The maximum absolute atomic E-state index is 7.43. The largest absolute Gasteiger partial charge is 0.506 e. The zero-order valence-electron chi connectivity index (χ0n) is 28.2. The van der Waals surface area contributed by atoms with Gasteiger partial charge in [-0.15, -0.1) is 6.58 Å². The molecule has 0 radical (unpaired) electrons. The van der Waals surface area contributed by atoms with E-state index in [1.165, 1.54) is 0 Å². The van der Waals surface area contributed by atoms with E-state index in [0.717, 1.165) is 0 Å². The maximum Gasteiger partial charge on any atom is 0.506 e. The molecule has 6 aliphatic heterocycles. The Balaban J connectivity index is 1.97. The van der Waals surface area contributed by atoms with Gasteiger partial charge in [0.25, 0.3) is 0 Å². The van der Waals surface area contributed by atoms with Crippen LogP contribution in [0.1, 0.15) is 89.5 Å². The van der Waals surface area contributed by atoms with Gasteiger partial charge < -0.3 is 49.4 Å². The highest BCUT2D eigenvalue weighted by molar-refractivity contribution is 7.80. The van der Waals surface area contributed by atoms with Crippen molar-refractivity contribution in [2.45, 2.75) is 129 Å². The van der Waals surface area contributed by atoms with E-state index in [2.05, 4.69) is 19.2 Å². The topological polar surface area (TPSA) is 111 Å². The van der Waals surface area contributed by atoms with Crippen molar-refractivity contribution >= 4 is 83.1 Å². The van der Waals surface area contributed by atoms with E-state index < -0.39 is 70.4 Å². The number of thiol groups is 1. The lowest BCUT2D eigenvalue weighted by Crippen LogP contribution is -2.90. The van der Waals surface area contributed by atoms with Crippen LogP contribution in [0.15, 0.2) is 12.3 Å². The van der Waals surface area contributed by atoms with Crippen LogP contribution in [0, 0.1) is 0 Å². The Morgan fingerprint density at radius 2 is 0.705 bits per heavy atom. The van der Waals surface area contributed by atoms with E-state index in [1.54, 1.807) is 5.70 Å². The summed E-state index contributed by atoms with van der Waals surface area (Å²) in [4.78, 5) is 0. The van der Waals surface area contributed by atoms with Gasteiger partial charge in [-0.25, -0.2) is 0 Å². The molecule has 12 nitrogen and oxygen atoms in total. The van der Waals surface area contributed by atoms with E-state index in [1.807, 2.05) is 83.1 Å². The van der Waals surface area contributed by atoms with Crippen LogP contribution in [0.2, 0.25) is 39.3 Å². The molecule has 6 heterocycles. The first kappa shape index (κ1) is 36.6. The average molecular weight is 777 g/mol. The first-order valence-corrected chi connectivity index (χ1v) is 31.1. The summed E-state index contributed by atoms with van der Waals surface area (Å²) in [5.74, 6) is 0.599. The van der Waals surface area contributed by atoms with Crippen molar-refractivity contribution in [2.75, 3.05) is 5.75 Å². The normalized spacial score (nSPS) is 47.1. The zero-order valence-corrected chi connectivity index (χ0v) is 37.1. The molecule has 0 amide bonds. The molecule has 6 fully saturated rings. The Morgan fingerprint density at radius 3 is 0.909 bits per heavy atom. The first-order valence-electron chi connectivity index (χ1n) is 15.9. The van der Waals surface area contributed by atoms with Crippen molar-refractivity contribution in [3.63, 3.8) is 0 Å². The molecule has 0 aliphatic carbocycles. The summed E-state index contributed by atoms with van der Waals surface area (Å²) in [5, 5.41) is 0. The Bertz CT molecular complexity index is 975. The van der Waals surface area contributed by atoms with Crippen LogP contribution in [0.25, 0.3) is 0 Å². The third-order valence-corrected chi connectivity index (χ3v) is 46.5. The lowest BCUT2D eigenvalue weighted by atomic mass is 10.6. The van der Waals surface area contributed by atoms with Gasteiger partial charge in [0.1, 0.15) is 0 Å². The summed E-state index contributed by atoms with van der Waals surface area (Å²) >= 11 is 4.57. The highest BCUT2D eigenvalue weighted by atomic mass is 32.1. The fraction of sp³-hybridized carbons (Fsp3) is 0.913. The molecule has 8 bridgehead atoms. The summed E-state index contributed by atoms with van der Waals surface area (Å²) in [6, 6.07) is 0.434. The molecule has 44 heavy (non-hydrogen) atoms. The molecule has 6 saturated heterocycles. The second-order valence-corrected chi connectivity index (χ2v) is 42.0. The van der Waals surface area contributed by atoms with E-state index in [-0.39, 0.29) is 33.2 Å². The Kier molecular flexibility index (Phi) is 9.98. The quantitative estimate of drug-likeness (QED) is 0.200. The lowest BCUT2D eigenvalue weighted by molar-refractivity contribution is -0.0377. The molecular formula is C23H52O12SSi8. The monoisotopic (exact) mass is 776 g/mol. The SMILES string of the molecule is C=C[Si]12O[Si]3(C(C)C)O[Si]4(C(C)C)O[Si]5(CCCS)O[Si](C(C)C)(O3)O[Si](C(C)C)(O1)O[Si](C(C)C)(O5)O[Si](C(C)C)(O2)O4. The van der Waals surface area contributed by atoms with Gasteiger partial charge in [-0.05, 0) is 17.9 Å². The smallest absolute Gasteiger partial charge is 0.373 e. The summed E-state index contributed by atoms with van der Waals surface area (Å²) < 4.78 is 88.4. The van der Waals surface area contributed by atoms with E-state index in [4.69, 9.17) is 49.4 Å². The standard InChI is InChI=1S/C23H52O12SSi8/c1-14-37-24-39(18(2)3)30-42(21(8)9)27-38(17-15-16-36)28-43(31-39,22(10)11)33-41(26-37,20(6)7)35-44(29-38,23(12)13)34-40(25-37,32-42)19(4)5/h14,18-23,36H,1,15-17H2,2-13H3. The van der Waals surface area contributed by atoms with E-state index in [0.29, 0.717) is 18.2 Å². The lowest BCUT2D eigenvalue weighted by Gasteiger charge is -2.65. The Hall–Kier alpha value is 1.35. The fourth-order valence-corrected chi connectivity index (χ4v) is 58.4. The van der Waals surface area contributed by atoms with Crippen molar-refractivity contribution in [3.8, 4) is 0 Å². The molecule has 0 spiro atoms. The average Bonchev–Trinajstić information content (AvgIpc) is 2.85. The molecular weight excluding hydrogens is 725 g/mol. The van der Waals surface area contributed by atoms with Crippen molar-refractivity contribution in [3.05, 3.63) is 12.3 Å². The highest BCUT2D eigenvalue weighted by Crippen LogP contribution is 2.58. The van der Waals surface area contributed by atoms with Gasteiger partial charge >= 0.3 is 70.4 Å². The van der Waals surface area contributed by atoms with Crippen LogP contribution < -0.4 is 0 Å². The third-order valence-electron chi connectivity index (χ3n) is 8.59. The van der Waals surface area contributed by atoms with Crippen molar-refractivity contribution < 1.29 is 49.4 Å². The van der Waals surface area contributed by atoms with Crippen LogP contribution in [-0.2, 0) is 49.4 Å². The van der Waals surface area contributed by atoms with Gasteiger partial charge in [-0.2, -0.15) is 12.6 Å². The molecule has 0 saturated carbocycles. The second kappa shape index (κ2) is 12.0. The molecule has 0 aromatic rings. The van der Waals surface area contributed by atoms with Crippen molar-refractivity contribution in [2.24, 2.45) is 0 Å². The molecule has 0 atom stereocenters. The molecule has 6 rings (SSSR count). The number of rotatable bonds is 10. The minimum atomic E-state index is -3.98. The van der Waals surface area contributed by atoms with Crippen LogP contribution in [0.4, 0.5) is 0 Å². The van der Waals surface area contributed by atoms with Gasteiger partial charge in [-0.1, -0.05) is 83.1 Å². The molecule has 0 aromatic heterocycles. The highest BCUT2D eigenvalue weighted by Gasteiger charge is 2.85. The van der Waals surface area contributed by atoms with E-state index in [9.17, 15) is 0 Å². The molecule has 0 unspecified atom stereocenters. The van der Waals surface area contributed by atoms with Gasteiger partial charge in [0, 0.05) is 39.3 Å². The minimum Gasteiger partial charge on any atom is -0.373 e. The van der Waals surface area contributed by atoms with Crippen molar-refractivity contribution in [1.82, 2.24) is 0 Å². The number of hydrogen-bond donors (Lipinski definition) is 1. The fourth-order valence-electron chi connectivity index (χ4n) is 5.63. The van der Waals surface area contributed by atoms with Crippen LogP contribution in [0.3, 0.4) is 0 Å². The van der Waals surface area contributed by atoms with Gasteiger partial charge in [0.2, 0.25) is 0 Å². The summed E-state index contributed by atoms with van der Waals surface area (Å²) in [6.45, 7) is 28.5. The maximum atomic E-state index is 7.43. The van der Waals surface area contributed by atoms with Crippen molar-refractivity contribution in [1.29, 1.82) is 0 Å². The predicted octanol–water partition coefficient (Wildman–Crippen LogP) is 6.27. The molecule has 254 valence electrons. The summed E-state index contributed by atoms with van der Waals surface area (Å²) in [5.41, 5.74) is 0.108. The number of hydrogen-bond acceptors (Lipinski definition) is 13.